The number of aldehydes is 1. The predicted molar refractivity (Wildman–Crippen MR) is 213 cm³/mol. The minimum Gasteiger partial charge on any atom is -0.510 e. The number of phenols is 1. The van der Waals surface area contributed by atoms with E-state index in [1.807, 2.05) is 0 Å². The summed E-state index contributed by atoms with van der Waals surface area (Å²) < 4.78 is 20.9. The van der Waals surface area contributed by atoms with Gasteiger partial charge in [0.05, 0.1) is 30.9 Å². The van der Waals surface area contributed by atoms with Gasteiger partial charge in [-0.2, -0.15) is 0 Å². The fourth-order valence-corrected chi connectivity index (χ4v) is 8.47. The van der Waals surface area contributed by atoms with Gasteiger partial charge in [-0.3, -0.25) is 24.2 Å². The molecule has 7 N–H and O–H groups in total. The molecular weight excluding hydrogens is 786 g/mol. The number of carbonyl (C=O) groups excluding carboxylic acids is 5. The highest BCUT2D eigenvalue weighted by atomic mass is 16.6. The molecule has 3 unspecified atom stereocenters. The number of nitrogens with one attached hydrogen (secondary N) is 1. The van der Waals surface area contributed by atoms with Crippen molar-refractivity contribution < 1.29 is 62.7 Å². The van der Waals surface area contributed by atoms with Crippen molar-refractivity contribution in [3.8, 4) is 22.8 Å². The molecule has 0 fully saturated rings. The monoisotopic (exact) mass is 833 g/mol. The Bertz CT molecular complexity index is 2360. The summed E-state index contributed by atoms with van der Waals surface area (Å²) >= 11 is 0. The molecule has 3 aromatic rings. The number of nitrogens with two attached hydrogens (primary N) is 1. The van der Waals surface area contributed by atoms with Crippen LogP contribution in [0.3, 0.4) is 0 Å². The summed E-state index contributed by atoms with van der Waals surface area (Å²) in [6.45, 7) is 0.717. The van der Waals surface area contributed by atoms with Gasteiger partial charge in [0.2, 0.25) is 5.78 Å². The van der Waals surface area contributed by atoms with Crippen LogP contribution >= 0.6 is 0 Å². The lowest BCUT2D eigenvalue weighted by Crippen LogP contribution is -2.63. The molecular formula is C41H47N5O14. The highest BCUT2D eigenvalue weighted by molar-refractivity contribution is 6.25. The second-order valence-electron chi connectivity index (χ2n) is 15.3. The number of fused-ring (bicyclic) bond motifs is 3. The standard InChI is InChI=1S/C41H47N5O14/c1-7-21(17-46(12-13-47)39(54)58-18-27-35(60-40(55)59-27)19-8-10-22(57-6)11-9-19)43-25-16-26(44(2)3)23-14-20-15-24-31(45(4)5)34(50)30(38(42)53)37(52)41(24,56)36(51)28(20)33(49)29(23)32(25)48/h8-11,13,16,20-21,24,31,43,48,50-51,56H,7,12,14-15,17-18H2,1-6H3,(H2,42,53)/t20?,21?,24?,31-,41-/m0/s1. The maximum Gasteiger partial charge on any atom is 0.519 e. The Morgan fingerprint density at radius 2 is 1.77 bits per heavy atom. The third kappa shape index (κ3) is 7.34. The highest BCUT2D eigenvalue weighted by Crippen LogP contribution is 2.54. The van der Waals surface area contributed by atoms with E-state index in [-0.39, 0.29) is 47.7 Å². The van der Waals surface area contributed by atoms with Crippen molar-refractivity contribution >= 4 is 41.2 Å². The molecule has 19 heteroatoms. The Morgan fingerprint density at radius 3 is 2.35 bits per heavy atom. The number of allylic oxidation sites excluding steroid dienone is 1. The molecule has 0 saturated heterocycles. The zero-order chi connectivity index (χ0) is 44.0. The lowest BCUT2D eigenvalue weighted by Gasteiger charge is -2.50. The van der Waals surface area contributed by atoms with Gasteiger partial charge < -0.3 is 59.5 Å². The van der Waals surface area contributed by atoms with Crippen LogP contribution in [-0.2, 0) is 32.1 Å². The van der Waals surface area contributed by atoms with E-state index in [1.165, 1.54) is 12.0 Å². The van der Waals surface area contributed by atoms with E-state index >= 15 is 0 Å². The van der Waals surface area contributed by atoms with Crippen LogP contribution in [0, 0.1) is 11.8 Å². The number of aliphatic hydroxyl groups is 3. The smallest absolute Gasteiger partial charge is 0.510 e. The first-order valence-corrected chi connectivity index (χ1v) is 19.0. The van der Waals surface area contributed by atoms with E-state index in [2.05, 4.69) is 5.32 Å². The average Bonchev–Trinajstić information content (AvgIpc) is 3.58. The number of aromatic hydroxyl groups is 1. The third-order valence-corrected chi connectivity index (χ3v) is 11.4. The Labute approximate surface area is 343 Å². The Morgan fingerprint density at radius 1 is 1.08 bits per heavy atom. The molecule has 60 heavy (non-hydrogen) atoms. The molecule has 0 bridgehead atoms. The second kappa shape index (κ2) is 16.6. The molecule has 3 aliphatic carbocycles. The number of benzene rings is 2. The quantitative estimate of drug-likeness (QED) is 0.0773. The van der Waals surface area contributed by atoms with Gasteiger partial charge in [0, 0.05) is 49.4 Å². The number of ketones is 2. The van der Waals surface area contributed by atoms with Gasteiger partial charge in [0.25, 0.3) is 5.91 Å². The Balaban J connectivity index is 1.29. The predicted octanol–water partition coefficient (Wildman–Crippen LogP) is 2.44. The summed E-state index contributed by atoms with van der Waals surface area (Å²) in [5.74, 6) is -8.18. The number of likely N-dealkylation sites (N-methyl/N-ethyl adjacent to an activating group) is 1. The first-order chi connectivity index (χ1) is 28.4. The zero-order valence-electron chi connectivity index (χ0n) is 33.8. The van der Waals surface area contributed by atoms with E-state index in [9.17, 15) is 49.2 Å². The number of nitrogens with zero attached hydrogens (tertiary/aromatic N) is 3. The fraction of sp³-hybridized carbons (Fsp3) is 0.415. The van der Waals surface area contributed by atoms with Crippen LogP contribution < -0.4 is 26.5 Å². The van der Waals surface area contributed by atoms with Gasteiger partial charge >= 0.3 is 11.9 Å². The number of rotatable bonds is 14. The zero-order valence-corrected chi connectivity index (χ0v) is 33.8. The number of hydrogen-bond donors (Lipinski definition) is 6. The number of anilines is 2. The largest absolute Gasteiger partial charge is 0.519 e. The average molecular weight is 834 g/mol. The highest BCUT2D eigenvalue weighted by Gasteiger charge is 2.63. The van der Waals surface area contributed by atoms with Gasteiger partial charge in [-0.15, -0.1) is 0 Å². The number of carbonyl (C=O) groups is 5. The third-order valence-electron chi connectivity index (χ3n) is 11.4. The maximum atomic E-state index is 14.5. The van der Waals surface area contributed by atoms with Crippen LogP contribution in [0.1, 0.15) is 41.4 Å². The summed E-state index contributed by atoms with van der Waals surface area (Å²) in [7, 11) is 8.04. The molecule has 6 rings (SSSR count). The van der Waals surface area contributed by atoms with Crippen LogP contribution in [0.4, 0.5) is 16.2 Å². The molecule has 0 radical (unpaired) electrons. The lowest BCUT2D eigenvalue weighted by molar-refractivity contribution is -0.148. The second-order valence-corrected chi connectivity index (χ2v) is 15.3. The topological polar surface area (TPSA) is 276 Å². The molecule has 2 aromatic carbocycles. The number of primary amides is 1. The van der Waals surface area contributed by atoms with Crippen molar-refractivity contribution in [1.29, 1.82) is 0 Å². The summed E-state index contributed by atoms with van der Waals surface area (Å²) in [6, 6.07) is 6.33. The number of phenolic OH excluding ortho intramolecular Hbond substituents is 1. The van der Waals surface area contributed by atoms with Crippen LogP contribution in [0.25, 0.3) is 11.3 Å². The van der Waals surface area contributed by atoms with Gasteiger partial charge in [-0.05, 0) is 75.2 Å². The van der Waals surface area contributed by atoms with E-state index in [1.54, 1.807) is 70.3 Å². The first-order valence-electron chi connectivity index (χ1n) is 19.0. The fourth-order valence-electron chi connectivity index (χ4n) is 8.47. The van der Waals surface area contributed by atoms with Crippen LogP contribution in [0.2, 0.25) is 0 Å². The Kier molecular flexibility index (Phi) is 11.9. The number of ether oxygens (including phenoxy) is 2. The van der Waals surface area contributed by atoms with Gasteiger partial charge in [0.15, 0.2) is 29.5 Å². The van der Waals surface area contributed by atoms with Crippen molar-refractivity contribution in [3.05, 3.63) is 80.5 Å². The summed E-state index contributed by atoms with van der Waals surface area (Å²) in [6.07, 6.45) is -0.125. The summed E-state index contributed by atoms with van der Waals surface area (Å²) in [5, 5.41) is 49.7. The first kappa shape index (κ1) is 43.0. The molecule has 3 aliphatic rings. The van der Waals surface area contributed by atoms with Gasteiger partial charge in [-0.1, -0.05) is 6.92 Å². The van der Waals surface area contributed by atoms with Crippen molar-refractivity contribution in [2.24, 2.45) is 17.6 Å². The molecule has 320 valence electrons. The molecule has 0 aliphatic heterocycles. The molecule has 0 spiro atoms. The molecule has 19 nitrogen and oxygen atoms in total. The lowest BCUT2D eigenvalue weighted by atomic mass is 9.58. The van der Waals surface area contributed by atoms with Crippen LogP contribution in [0.15, 0.2) is 66.6 Å². The van der Waals surface area contributed by atoms with Gasteiger partial charge in [0.1, 0.15) is 34.9 Å². The van der Waals surface area contributed by atoms with E-state index in [0.717, 1.165) is 4.90 Å². The minimum atomic E-state index is -2.80. The van der Waals surface area contributed by atoms with Crippen molar-refractivity contribution in [2.45, 2.75) is 50.5 Å². The SMILES string of the molecule is CCC(CN(CC=O)C(=O)OCc1oc(=O)oc1-c1ccc(OC)cc1)Nc1cc(N(C)C)c2c(c1O)C(=O)C1=C(O)[C@]3(O)C(=O)C(C(N)=O)=C(O)[C@@H](N(C)C)C3CC1C2. The number of amides is 2. The molecule has 5 atom stereocenters. The van der Waals surface area contributed by atoms with Crippen molar-refractivity contribution in [1.82, 2.24) is 9.80 Å². The van der Waals surface area contributed by atoms with Crippen LogP contribution in [0.5, 0.6) is 11.5 Å². The number of aliphatic hydroxyl groups excluding tert-OH is 2. The van der Waals surface area contributed by atoms with Gasteiger partial charge in [-0.25, -0.2) is 9.59 Å². The summed E-state index contributed by atoms with van der Waals surface area (Å²) in [5.41, 5.74) is 2.64. The maximum absolute atomic E-state index is 14.5. The van der Waals surface area contributed by atoms with E-state index in [4.69, 9.17) is 24.0 Å². The number of Topliss-reactive ketones (excluding diaryl/α,β-unsaturated/α-hetero) is 2. The van der Waals surface area contributed by atoms with E-state index in [0.29, 0.717) is 35.3 Å². The minimum absolute atomic E-state index is 0.0341. The molecule has 2 amide bonds. The Hall–Kier alpha value is -6.60. The van der Waals surface area contributed by atoms with Crippen LogP contribution in [-0.4, -0.2) is 126 Å². The molecule has 1 aromatic heterocycles. The van der Waals surface area contributed by atoms with Crippen molar-refractivity contribution in [2.75, 3.05) is 58.6 Å². The number of hydrogen-bond acceptors (Lipinski definition) is 17. The number of methoxy groups -OCH3 is 1. The summed E-state index contributed by atoms with van der Waals surface area (Å²) in [4.78, 5) is 82.0. The van der Waals surface area contributed by atoms with Crippen molar-refractivity contribution in [3.63, 3.8) is 0 Å². The molecule has 1 heterocycles. The van der Waals surface area contributed by atoms with E-state index < -0.39 is 94.9 Å². The normalized spacial score (nSPS) is 21.5. The molecule has 0 saturated carbocycles.